The second-order valence-electron chi connectivity index (χ2n) is 4.09. The molecule has 1 rings (SSSR count). The Labute approximate surface area is 97.7 Å². The van der Waals surface area contributed by atoms with Gasteiger partial charge in [-0.15, -0.1) is 0 Å². The number of benzene rings is 1. The number of ether oxygens (including phenoxy) is 1. The van der Waals surface area contributed by atoms with Crippen molar-refractivity contribution in [3.8, 4) is 5.75 Å². The van der Waals surface area contributed by atoms with Crippen molar-refractivity contribution >= 4 is 0 Å². The first-order valence-electron chi connectivity index (χ1n) is 5.60. The van der Waals surface area contributed by atoms with E-state index in [1.165, 1.54) is 11.1 Å². The highest BCUT2D eigenvalue weighted by Gasteiger charge is 2.04. The maximum atomic E-state index is 8.81. The molecule has 1 aromatic rings. The van der Waals surface area contributed by atoms with Crippen molar-refractivity contribution in [1.82, 2.24) is 4.90 Å². The van der Waals surface area contributed by atoms with Gasteiger partial charge in [-0.05, 0) is 32.0 Å². The van der Waals surface area contributed by atoms with Gasteiger partial charge in [0.05, 0.1) is 13.7 Å². The lowest BCUT2D eigenvalue weighted by Crippen LogP contribution is -2.24. The molecule has 0 unspecified atom stereocenters. The zero-order valence-corrected chi connectivity index (χ0v) is 10.4. The van der Waals surface area contributed by atoms with Gasteiger partial charge in [0, 0.05) is 13.1 Å². The molecule has 1 aromatic carbocycles. The van der Waals surface area contributed by atoms with Gasteiger partial charge in [-0.2, -0.15) is 0 Å². The fraction of sp³-hybridized carbons (Fsp3) is 0.538. The van der Waals surface area contributed by atoms with Crippen LogP contribution in [0, 0.1) is 6.92 Å². The molecule has 0 aliphatic rings. The van der Waals surface area contributed by atoms with Crippen LogP contribution in [0.3, 0.4) is 0 Å². The Balaban J connectivity index is 2.61. The molecule has 0 spiro atoms. The Morgan fingerprint density at radius 1 is 1.31 bits per heavy atom. The summed E-state index contributed by atoms with van der Waals surface area (Å²) >= 11 is 0. The molecule has 0 aromatic heterocycles. The minimum atomic E-state index is 0.210. The summed E-state index contributed by atoms with van der Waals surface area (Å²) in [6.07, 6.45) is 0.946. The second kappa shape index (κ2) is 6.51. The highest BCUT2D eigenvalue weighted by molar-refractivity contribution is 5.37. The Morgan fingerprint density at radius 2 is 2.06 bits per heavy atom. The summed E-state index contributed by atoms with van der Waals surface area (Å²) < 4.78 is 5.32. The number of nitrogens with zero attached hydrogens (tertiary/aromatic N) is 1. The topological polar surface area (TPSA) is 32.7 Å². The first-order chi connectivity index (χ1) is 7.67. The molecule has 1 N–H and O–H groups in total. The van der Waals surface area contributed by atoms with Crippen LogP contribution in [0.1, 0.15) is 11.1 Å². The summed E-state index contributed by atoms with van der Waals surface area (Å²) in [7, 11) is 3.71. The van der Waals surface area contributed by atoms with Crippen LogP contribution in [-0.2, 0) is 6.42 Å². The maximum Gasteiger partial charge on any atom is 0.122 e. The van der Waals surface area contributed by atoms with Crippen LogP contribution in [0.5, 0.6) is 5.75 Å². The number of rotatable bonds is 6. The van der Waals surface area contributed by atoms with Gasteiger partial charge in [-0.3, -0.25) is 0 Å². The third kappa shape index (κ3) is 3.83. The van der Waals surface area contributed by atoms with Gasteiger partial charge in [-0.25, -0.2) is 0 Å². The van der Waals surface area contributed by atoms with Gasteiger partial charge in [0.1, 0.15) is 5.75 Å². The lowest BCUT2D eigenvalue weighted by molar-refractivity contribution is 0.222. The van der Waals surface area contributed by atoms with Gasteiger partial charge >= 0.3 is 0 Å². The highest BCUT2D eigenvalue weighted by atomic mass is 16.5. The largest absolute Gasteiger partial charge is 0.496 e. The van der Waals surface area contributed by atoms with Crippen LogP contribution in [0.25, 0.3) is 0 Å². The van der Waals surface area contributed by atoms with Crippen molar-refractivity contribution in [3.05, 3.63) is 29.3 Å². The van der Waals surface area contributed by atoms with Gasteiger partial charge in [0.25, 0.3) is 0 Å². The first kappa shape index (κ1) is 13.0. The van der Waals surface area contributed by atoms with Gasteiger partial charge < -0.3 is 14.7 Å². The van der Waals surface area contributed by atoms with E-state index in [4.69, 9.17) is 9.84 Å². The average molecular weight is 223 g/mol. The van der Waals surface area contributed by atoms with E-state index in [-0.39, 0.29) is 6.61 Å². The monoisotopic (exact) mass is 223 g/mol. The summed E-state index contributed by atoms with van der Waals surface area (Å²) in [5.74, 6) is 0.947. The summed E-state index contributed by atoms with van der Waals surface area (Å²) in [5, 5.41) is 8.81. The van der Waals surface area contributed by atoms with E-state index in [1.807, 2.05) is 13.1 Å². The molecular weight excluding hydrogens is 202 g/mol. The van der Waals surface area contributed by atoms with Crippen molar-refractivity contribution < 1.29 is 9.84 Å². The van der Waals surface area contributed by atoms with Crippen LogP contribution < -0.4 is 4.74 Å². The SMILES string of the molecule is COc1ccc(C)cc1CCN(C)CCO. The molecule has 3 heteroatoms. The van der Waals surface area contributed by atoms with Crippen LogP contribution in [0.4, 0.5) is 0 Å². The molecule has 0 amide bonds. The number of aliphatic hydroxyl groups is 1. The number of hydrogen-bond acceptors (Lipinski definition) is 3. The predicted octanol–water partition coefficient (Wildman–Crippen LogP) is 1.47. The minimum Gasteiger partial charge on any atom is -0.496 e. The smallest absolute Gasteiger partial charge is 0.122 e. The van der Waals surface area contributed by atoms with Crippen molar-refractivity contribution in [1.29, 1.82) is 0 Å². The van der Waals surface area contributed by atoms with E-state index in [2.05, 4.69) is 24.0 Å². The summed E-state index contributed by atoms with van der Waals surface area (Å²) in [4.78, 5) is 2.11. The van der Waals surface area contributed by atoms with E-state index in [0.717, 1.165) is 18.7 Å². The summed E-state index contributed by atoms with van der Waals surface area (Å²) in [5.41, 5.74) is 2.48. The van der Waals surface area contributed by atoms with E-state index < -0.39 is 0 Å². The molecule has 0 fully saturated rings. The number of hydrogen-bond donors (Lipinski definition) is 1. The number of aryl methyl sites for hydroxylation is 1. The fourth-order valence-electron chi connectivity index (χ4n) is 1.70. The lowest BCUT2D eigenvalue weighted by Gasteiger charge is -2.16. The van der Waals surface area contributed by atoms with Gasteiger partial charge in [-0.1, -0.05) is 17.7 Å². The van der Waals surface area contributed by atoms with Crippen molar-refractivity contribution in [2.24, 2.45) is 0 Å². The molecule has 0 bridgehead atoms. The van der Waals surface area contributed by atoms with Gasteiger partial charge in [0.15, 0.2) is 0 Å². The molecular formula is C13H21NO2. The molecule has 16 heavy (non-hydrogen) atoms. The molecule has 0 aliphatic heterocycles. The summed E-state index contributed by atoms with van der Waals surface area (Å²) in [6.45, 7) is 3.94. The van der Waals surface area contributed by atoms with Crippen LogP contribution in [0.15, 0.2) is 18.2 Å². The molecule has 0 radical (unpaired) electrons. The Morgan fingerprint density at radius 3 is 2.69 bits per heavy atom. The highest BCUT2D eigenvalue weighted by Crippen LogP contribution is 2.20. The molecule has 0 saturated carbocycles. The Bertz CT molecular complexity index is 326. The molecule has 0 heterocycles. The first-order valence-corrected chi connectivity index (χ1v) is 5.60. The molecule has 90 valence electrons. The van der Waals surface area contributed by atoms with E-state index in [0.29, 0.717) is 6.54 Å². The van der Waals surface area contributed by atoms with Crippen molar-refractivity contribution in [3.63, 3.8) is 0 Å². The zero-order chi connectivity index (χ0) is 12.0. The second-order valence-corrected chi connectivity index (χ2v) is 4.09. The fourth-order valence-corrected chi connectivity index (χ4v) is 1.70. The molecule has 0 saturated heterocycles. The van der Waals surface area contributed by atoms with Gasteiger partial charge in [0.2, 0.25) is 0 Å². The average Bonchev–Trinajstić information content (AvgIpc) is 2.27. The maximum absolute atomic E-state index is 8.81. The van der Waals surface area contributed by atoms with E-state index >= 15 is 0 Å². The van der Waals surface area contributed by atoms with E-state index in [1.54, 1.807) is 7.11 Å². The summed E-state index contributed by atoms with van der Waals surface area (Å²) in [6, 6.07) is 6.22. The standard InChI is InChI=1S/C13H21NO2/c1-11-4-5-13(16-3)12(10-11)6-7-14(2)8-9-15/h4-5,10,15H,6-9H2,1-3H3. The van der Waals surface area contributed by atoms with Crippen molar-refractivity contribution in [2.75, 3.05) is 33.9 Å². The normalized spacial score (nSPS) is 10.8. The van der Waals surface area contributed by atoms with E-state index in [9.17, 15) is 0 Å². The van der Waals surface area contributed by atoms with Crippen LogP contribution in [-0.4, -0.2) is 43.9 Å². The molecule has 0 aliphatic carbocycles. The van der Waals surface area contributed by atoms with Crippen LogP contribution in [0.2, 0.25) is 0 Å². The van der Waals surface area contributed by atoms with Crippen molar-refractivity contribution in [2.45, 2.75) is 13.3 Å². The molecule has 0 atom stereocenters. The third-order valence-electron chi connectivity index (χ3n) is 2.68. The number of aliphatic hydroxyl groups excluding tert-OH is 1. The minimum absolute atomic E-state index is 0.210. The zero-order valence-electron chi connectivity index (χ0n) is 10.4. The Kier molecular flexibility index (Phi) is 5.29. The third-order valence-corrected chi connectivity index (χ3v) is 2.68. The number of methoxy groups -OCH3 is 1. The number of likely N-dealkylation sites (N-methyl/N-ethyl adjacent to an activating group) is 1. The lowest BCUT2D eigenvalue weighted by atomic mass is 10.1. The van der Waals surface area contributed by atoms with Crippen LogP contribution >= 0.6 is 0 Å². The quantitative estimate of drug-likeness (QED) is 0.792. The predicted molar refractivity (Wildman–Crippen MR) is 66.0 cm³/mol. The Hall–Kier alpha value is -1.06. The molecule has 3 nitrogen and oxygen atoms in total.